The Morgan fingerprint density at radius 1 is 1.00 bits per heavy atom. The molecule has 0 radical (unpaired) electrons. The number of rotatable bonds is 6. The molecule has 0 spiro atoms. The van der Waals surface area contributed by atoms with Gasteiger partial charge in [-0.3, -0.25) is 0 Å². The van der Waals surface area contributed by atoms with Crippen molar-refractivity contribution in [3.05, 3.63) is 0 Å². The third-order valence-electron chi connectivity index (χ3n) is 11.5. The number of fused-ring (bicyclic) bond motifs is 5. The predicted molar refractivity (Wildman–Crippen MR) is 130 cm³/mol. The normalized spacial score (nSPS) is 47.1. The van der Waals surface area contributed by atoms with Crippen molar-refractivity contribution in [3.63, 3.8) is 0 Å². The van der Waals surface area contributed by atoms with E-state index in [1.165, 1.54) is 44.9 Å². The molecular weight excluding hydrogens is 394 g/mol. The highest BCUT2D eigenvalue weighted by molar-refractivity contribution is 5.12. The van der Waals surface area contributed by atoms with Gasteiger partial charge < -0.3 is 10.2 Å². The first-order valence-electron chi connectivity index (χ1n) is 13.8. The predicted octanol–water partition coefficient (Wildman–Crippen LogP) is 6.87. The van der Waals surface area contributed by atoms with E-state index in [-0.39, 0.29) is 5.92 Å². The van der Waals surface area contributed by atoms with Crippen LogP contribution in [0.2, 0.25) is 0 Å². The van der Waals surface area contributed by atoms with E-state index >= 15 is 0 Å². The Hall–Kier alpha value is -0.590. The molecule has 4 saturated carbocycles. The van der Waals surface area contributed by atoms with E-state index in [9.17, 15) is 15.5 Å². The minimum Gasteiger partial charge on any atom is -0.390 e. The molecule has 2 N–H and O–H groups in total. The molecule has 0 aliphatic heterocycles. The van der Waals surface area contributed by atoms with Crippen LogP contribution < -0.4 is 0 Å². The molecule has 0 saturated heterocycles. The standard InChI is InChI=1S/C29H49NO2/c1-6-29(32)17-16-27(4)21(18-29)9-10-22-24-12-11-23(28(24,5)15-13-25(22)27)20(19-30)8-7-14-26(2,3)31/h20-25,31-32H,6-18H2,1-5H3/t20-,21-,22-,23+,24-,25-,27-,28+,29-/m0/s1. The molecule has 182 valence electrons. The van der Waals surface area contributed by atoms with Gasteiger partial charge in [0.25, 0.3) is 0 Å². The molecule has 0 unspecified atom stereocenters. The zero-order valence-corrected chi connectivity index (χ0v) is 21.5. The summed E-state index contributed by atoms with van der Waals surface area (Å²) < 4.78 is 0. The van der Waals surface area contributed by atoms with Crippen LogP contribution in [0.15, 0.2) is 0 Å². The molecule has 0 bridgehead atoms. The van der Waals surface area contributed by atoms with Crippen LogP contribution in [-0.2, 0) is 0 Å². The average molecular weight is 444 g/mol. The van der Waals surface area contributed by atoms with Crippen molar-refractivity contribution < 1.29 is 10.2 Å². The van der Waals surface area contributed by atoms with Crippen molar-refractivity contribution in [2.75, 3.05) is 0 Å². The lowest BCUT2D eigenvalue weighted by Gasteiger charge is -2.62. The lowest BCUT2D eigenvalue weighted by Crippen LogP contribution is -2.56. The van der Waals surface area contributed by atoms with E-state index in [4.69, 9.17) is 0 Å². The Labute approximate surface area is 197 Å². The van der Waals surface area contributed by atoms with Crippen LogP contribution in [0, 0.1) is 57.7 Å². The van der Waals surface area contributed by atoms with Crippen molar-refractivity contribution in [1.29, 1.82) is 5.26 Å². The molecule has 0 aromatic carbocycles. The van der Waals surface area contributed by atoms with Crippen LogP contribution in [-0.4, -0.2) is 21.4 Å². The summed E-state index contributed by atoms with van der Waals surface area (Å²) in [5.41, 5.74) is -0.316. The van der Waals surface area contributed by atoms with Crippen LogP contribution in [0.1, 0.15) is 118 Å². The molecule has 0 amide bonds. The molecule has 4 rings (SSSR count). The van der Waals surface area contributed by atoms with Gasteiger partial charge in [0.05, 0.1) is 17.3 Å². The van der Waals surface area contributed by atoms with E-state index in [2.05, 4.69) is 26.8 Å². The van der Waals surface area contributed by atoms with Crippen molar-refractivity contribution in [3.8, 4) is 6.07 Å². The van der Waals surface area contributed by atoms with Crippen LogP contribution in [0.5, 0.6) is 0 Å². The van der Waals surface area contributed by atoms with E-state index in [0.717, 1.165) is 56.3 Å². The summed E-state index contributed by atoms with van der Waals surface area (Å²) in [5, 5.41) is 31.2. The Bertz CT molecular complexity index is 722. The van der Waals surface area contributed by atoms with Gasteiger partial charge in [0.15, 0.2) is 0 Å². The Morgan fingerprint density at radius 2 is 1.72 bits per heavy atom. The van der Waals surface area contributed by atoms with Crippen LogP contribution in [0.3, 0.4) is 0 Å². The van der Waals surface area contributed by atoms with Gasteiger partial charge in [0.2, 0.25) is 0 Å². The Morgan fingerprint density at radius 3 is 2.38 bits per heavy atom. The minimum absolute atomic E-state index is 0.144. The van der Waals surface area contributed by atoms with E-state index in [1.807, 2.05) is 13.8 Å². The SMILES string of the molecule is CC[C@]1(O)CC[C@@]2(C)[C@@H](CC[C@@H]3[C@@H]2CC[C@]2(C)[C@@H]([C@H](C#N)CCCC(C)(C)O)CC[C@@H]32)C1. The molecule has 4 aliphatic carbocycles. The first kappa shape index (κ1) is 24.5. The second kappa shape index (κ2) is 8.57. The summed E-state index contributed by atoms with van der Waals surface area (Å²) in [6.45, 7) is 11.0. The second-order valence-electron chi connectivity index (χ2n) is 13.6. The molecule has 0 heterocycles. The van der Waals surface area contributed by atoms with Gasteiger partial charge in [-0.05, 0) is 138 Å². The molecule has 3 nitrogen and oxygen atoms in total. The summed E-state index contributed by atoms with van der Waals surface area (Å²) in [5.74, 6) is 3.78. The summed E-state index contributed by atoms with van der Waals surface area (Å²) in [7, 11) is 0. The maximum atomic E-state index is 11.0. The van der Waals surface area contributed by atoms with Gasteiger partial charge in [0.1, 0.15) is 0 Å². The Balaban J connectivity index is 1.48. The zero-order chi connectivity index (χ0) is 23.4. The number of hydrogen-bond donors (Lipinski definition) is 2. The largest absolute Gasteiger partial charge is 0.390 e. The van der Waals surface area contributed by atoms with E-state index in [0.29, 0.717) is 22.7 Å². The molecule has 0 aromatic rings. The lowest BCUT2D eigenvalue weighted by atomic mass is 9.43. The van der Waals surface area contributed by atoms with Crippen molar-refractivity contribution in [2.45, 2.75) is 129 Å². The maximum absolute atomic E-state index is 11.0. The number of hydrogen-bond acceptors (Lipinski definition) is 3. The fourth-order valence-electron chi connectivity index (χ4n) is 9.46. The fraction of sp³-hybridized carbons (Fsp3) is 0.966. The van der Waals surface area contributed by atoms with E-state index < -0.39 is 11.2 Å². The smallest absolute Gasteiger partial charge is 0.0658 e. The number of aliphatic hydroxyl groups is 2. The molecule has 0 aromatic heterocycles. The monoisotopic (exact) mass is 443 g/mol. The van der Waals surface area contributed by atoms with Gasteiger partial charge in [-0.15, -0.1) is 0 Å². The van der Waals surface area contributed by atoms with Gasteiger partial charge in [-0.25, -0.2) is 0 Å². The van der Waals surface area contributed by atoms with Crippen LogP contribution >= 0.6 is 0 Å². The quantitative estimate of drug-likeness (QED) is 0.471. The zero-order valence-electron chi connectivity index (χ0n) is 21.5. The number of nitriles is 1. The average Bonchev–Trinajstić information content (AvgIpc) is 3.08. The first-order valence-corrected chi connectivity index (χ1v) is 13.8. The molecule has 4 aliphatic rings. The Kier molecular flexibility index (Phi) is 6.57. The molecular formula is C29H49NO2. The fourth-order valence-corrected chi connectivity index (χ4v) is 9.46. The first-order chi connectivity index (χ1) is 15.0. The minimum atomic E-state index is -0.627. The van der Waals surface area contributed by atoms with Crippen molar-refractivity contribution >= 4 is 0 Å². The van der Waals surface area contributed by atoms with Crippen LogP contribution in [0.4, 0.5) is 0 Å². The van der Waals surface area contributed by atoms with Crippen LogP contribution in [0.25, 0.3) is 0 Å². The van der Waals surface area contributed by atoms with Gasteiger partial charge in [-0.1, -0.05) is 20.8 Å². The summed E-state index contributed by atoms with van der Waals surface area (Å²) >= 11 is 0. The van der Waals surface area contributed by atoms with Gasteiger partial charge >= 0.3 is 0 Å². The van der Waals surface area contributed by atoms with E-state index in [1.54, 1.807) is 0 Å². The summed E-state index contributed by atoms with van der Waals surface area (Å²) in [6, 6.07) is 2.72. The molecule has 32 heavy (non-hydrogen) atoms. The van der Waals surface area contributed by atoms with Crippen molar-refractivity contribution in [2.24, 2.45) is 46.3 Å². The highest BCUT2D eigenvalue weighted by Crippen LogP contribution is 2.69. The van der Waals surface area contributed by atoms with Gasteiger partial charge in [-0.2, -0.15) is 5.26 Å². The summed E-state index contributed by atoms with van der Waals surface area (Å²) in [6.07, 6.45) is 14.6. The third kappa shape index (κ3) is 4.17. The molecule has 3 heteroatoms. The van der Waals surface area contributed by atoms with Crippen molar-refractivity contribution in [1.82, 2.24) is 0 Å². The summed E-state index contributed by atoms with van der Waals surface area (Å²) in [4.78, 5) is 0. The lowest BCUT2D eigenvalue weighted by molar-refractivity contribution is -0.152. The second-order valence-corrected chi connectivity index (χ2v) is 13.6. The highest BCUT2D eigenvalue weighted by Gasteiger charge is 2.61. The topological polar surface area (TPSA) is 64.2 Å². The third-order valence-corrected chi connectivity index (χ3v) is 11.5. The molecule has 9 atom stereocenters. The van der Waals surface area contributed by atoms with Gasteiger partial charge in [0, 0.05) is 5.92 Å². The maximum Gasteiger partial charge on any atom is 0.0658 e. The molecule has 4 fully saturated rings. The number of nitrogens with zero attached hydrogens (tertiary/aromatic N) is 1. The highest BCUT2D eigenvalue weighted by atomic mass is 16.3.